The van der Waals surface area contributed by atoms with Crippen LogP contribution in [0.5, 0.6) is 0 Å². The summed E-state index contributed by atoms with van der Waals surface area (Å²) in [6.45, 7) is 1.46. The van der Waals surface area contributed by atoms with E-state index in [4.69, 9.17) is 0 Å². The van der Waals surface area contributed by atoms with E-state index in [0.29, 0.717) is 6.54 Å². The van der Waals surface area contributed by atoms with E-state index in [1.165, 1.54) is 10.5 Å². The maximum atomic E-state index is 12.0. The summed E-state index contributed by atoms with van der Waals surface area (Å²) in [4.78, 5) is 13.3. The van der Waals surface area contributed by atoms with Crippen molar-refractivity contribution in [2.24, 2.45) is 0 Å². The highest BCUT2D eigenvalue weighted by molar-refractivity contribution is 7.99. The van der Waals surface area contributed by atoms with E-state index in [0.717, 1.165) is 25.1 Å². The minimum absolute atomic E-state index is 0.0906. The van der Waals surface area contributed by atoms with Crippen molar-refractivity contribution in [2.45, 2.75) is 30.3 Å². The summed E-state index contributed by atoms with van der Waals surface area (Å²) >= 11 is 1.86. The number of nitrogens with zero attached hydrogens (tertiary/aromatic N) is 2. The number of carbonyl (C=O) groups excluding carboxylic acids is 1. The molecule has 0 aliphatic carbocycles. The molecule has 2 amide bonds. The molecule has 2 N–H and O–H groups in total. The summed E-state index contributed by atoms with van der Waals surface area (Å²) in [6.07, 6.45) is 5.53. The smallest absolute Gasteiger partial charge is 0.315 e. The van der Waals surface area contributed by atoms with E-state index in [9.17, 15) is 4.79 Å². The molecule has 0 fully saturated rings. The minimum atomic E-state index is -0.0906. The average molecular weight is 316 g/mol. The largest absolute Gasteiger partial charge is 0.338 e. The van der Waals surface area contributed by atoms with Crippen LogP contribution in [-0.4, -0.2) is 28.1 Å². The number of carbonyl (C=O) groups is 1. The number of aryl methyl sites for hydroxylation is 1. The van der Waals surface area contributed by atoms with Crippen LogP contribution in [0.3, 0.4) is 0 Å². The number of thioether (sulfide) groups is 1. The number of amides is 2. The Bertz CT molecular complexity index is 614. The second kappa shape index (κ2) is 7.35. The maximum Gasteiger partial charge on any atom is 0.315 e. The Balaban J connectivity index is 1.44. The highest BCUT2D eigenvalue weighted by Gasteiger charge is 2.21. The van der Waals surface area contributed by atoms with Gasteiger partial charge in [-0.1, -0.05) is 18.2 Å². The highest BCUT2D eigenvalue weighted by Crippen LogP contribution is 2.35. The van der Waals surface area contributed by atoms with Crippen LogP contribution in [0.4, 0.5) is 4.79 Å². The summed E-state index contributed by atoms with van der Waals surface area (Å²) in [5, 5.41) is 10.1. The third kappa shape index (κ3) is 3.82. The van der Waals surface area contributed by atoms with Gasteiger partial charge in [-0.3, -0.25) is 4.68 Å². The molecule has 0 bridgehead atoms. The van der Waals surface area contributed by atoms with Crippen LogP contribution in [0.2, 0.25) is 0 Å². The number of rotatable bonds is 5. The molecule has 0 saturated carbocycles. The van der Waals surface area contributed by atoms with Gasteiger partial charge >= 0.3 is 6.03 Å². The van der Waals surface area contributed by atoms with Crippen molar-refractivity contribution in [3.8, 4) is 0 Å². The molecule has 0 radical (unpaired) electrons. The normalized spacial score (nSPS) is 16.8. The van der Waals surface area contributed by atoms with Crippen LogP contribution in [0, 0.1) is 0 Å². The van der Waals surface area contributed by atoms with Gasteiger partial charge in [0.05, 0.1) is 6.04 Å². The second-order valence-corrected chi connectivity index (χ2v) is 6.39. The molecule has 2 aromatic rings. The molecule has 22 heavy (non-hydrogen) atoms. The van der Waals surface area contributed by atoms with E-state index >= 15 is 0 Å². The van der Waals surface area contributed by atoms with E-state index in [1.807, 2.05) is 40.8 Å². The van der Waals surface area contributed by atoms with Crippen LogP contribution in [-0.2, 0) is 6.54 Å². The van der Waals surface area contributed by atoms with Gasteiger partial charge in [-0.2, -0.15) is 5.10 Å². The lowest BCUT2D eigenvalue weighted by Gasteiger charge is -2.25. The molecule has 1 aliphatic heterocycles. The van der Waals surface area contributed by atoms with Gasteiger partial charge in [0.2, 0.25) is 0 Å². The molecule has 3 rings (SSSR count). The number of fused-ring (bicyclic) bond motifs is 1. The van der Waals surface area contributed by atoms with Gasteiger partial charge in [-0.15, -0.1) is 11.8 Å². The predicted octanol–water partition coefficient (Wildman–Crippen LogP) is 2.81. The van der Waals surface area contributed by atoms with Crippen LogP contribution in [0.15, 0.2) is 47.6 Å². The van der Waals surface area contributed by atoms with Gasteiger partial charge in [0.15, 0.2) is 0 Å². The van der Waals surface area contributed by atoms with Crippen molar-refractivity contribution >= 4 is 17.8 Å². The quantitative estimate of drug-likeness (QED) is 0.834. The Hall–Kier alpha value is -1.95. The molecule has 1 aliphatic rings. The van der Waals surface area contributed by atoms with E-state index in [1.54, 1.807) is 6.20 Å². The SMILES string of the molecule is O=C(NCCCn1cccn1)NC1CCSc2ccccc21. The van der Waals surface area contributed by atoms with Gasteiger partial charge in [0, 0.05) is 36.1 Å². The molecule has 0 saturated heterocycles. The van der Waals surface area contributed by atoms with Crippen molar-refractivity contribution in [3.05, 3.63) is 48.3 Å². The number of hydrogen-bond acceptors (Lipinski definition) is 3. The fourth-order valence-corrected chi connectivity index (χ4v) is 3.70. The average Bonchev–Trinajstić information content (AvgIpc) is 3.05. The van der Waals surface area contributed by atoms with Crippen LogP contribution in [0.1, 0.15) is 24.4 Å². The monoisotopic (exact) mass is 316 g/mol. The summed E-state index contributed by atoms with van der Waals surface area (Å²) in [7, 11) is 0. The Morgan fingerprint density at radius 2 is 2.27 bits per heavy atom. The van der Waals surface area contributed by atoms with Gasteiger partial charge in [0.25, 0.3) is 0 Å². The molecule has 1 aromatic heterocycles. The van der Waals surface area contributed by atoms with Gasteiger partial charge in [-0.05, 0) is 30.5 Å². The zero-order chi connectivity index (χ0) is 15.2. The van der Waals surface area contributed by atoms with Gasteiger partial charge in [0.1, 0.15) is 0 Å². The zero-order valence-corrected chi connectivity index (χ0v) is 13.2. The van der Waals surface area contributed by atoms with Crippen molar-refractivity contribution in [2.75, 3.05) is 12.3 Å². The summed E-state index contributed by atoms with van der Waals surface area (Å²) < 4.78 is 1.87. The second-order valence-electron chi connectivity index (χ2n) is 5.25. The lowest BCUT2D eigenvalue weighted by Crippen LogP contribution is -2.39. The summed E-state index contributed by atoms with van der Waals surface area (Å²) in [5.74, 6) is 1.04. The van der Waals surface area contributed by atoms with Crippen molar-refractivity contribution in [1.29, 1.82) is 0 Å². The first-order valence-electron chi connectivity index (χ1n) is 7.56. The Morgan fingerprint density at radius 3 is 3.14 bits per heavy atom. The molecular formula is C16H20N4OS. The molecule has 6 heteroatoms. The van der Waals surface area contributed by atoms with Crippen molar-refractivity contribution in [3.63, 3.8) is 0 Å². The molecule has 116 valence electrons. The summed E-state index contributed by atoms with van der Waals surface area (Å²) in [6, 6.07) is 10.2. The van der Waals surface area contributed by atoms with Crippen LogP contribution in [0.25, 0.3) is 0 Å². The molecule has 1 aromatic carbocycles. The lowest BCUT2D eigenvalue weighted by atomic mass is 10.0. The Labute approximate surface area is 134 Å². The van der Waals surface area contributed by atoms with Gasteiger partial charge < -0.3 is 10.6 Å². The van der Waals surface area contributed by atoms with Crippen molar-refractivity contribution in [1.82, 2.24) is 20.4 Å². The van der Waals surface area contributed by atoms with Crippen molar-refractivity contribution < 1.29 is 4.79 Å². The first-order valence-corrected chi connectivity index (χ1v) is 8.55. The van der Waals surface area contributed by atoms with E-state index in [2.05, 4.69) is 27.9 Å². The third-order valence-electron chi connectivity index (χ3n) is 3.67. The number of urea groups is 1. The number of hydrogen-bond donors (Lipinski definition) is 2. The standard InChI is InChI=1S/C16H20N4OS/c21-16(17-8-3-10-20-11-4-9-18-20)19-14-7-12-22-15-6-2-1-5-13(14)15/h1-2,4-6,9,11,14H,3,7-8,10,12H2,(H2,17,19,21). The zero-order valence-electron chi connectivity index (χ0n) is 12.4. The molecule has 1 atom stereocenters. The predicted molar refractivity (Wildman–Crippen MR) is 87.9 cm³/mol. The lowest BCUT2D eigenvalue weighted by molar-refractivity contribution is 0.236. The molecule has 0 spiro atoms. The van der Waals surface area contributed by atoms with Crippen LogP contribution < -0.4 is 10.6 Å². The fraction of sp³-hybridized carbons (Fsp3) is 0.375. The fourth-order valence-electron chi connectivity index (χ4n) is 2.58. The molecule has 1 unspecified atom stereocenters. The van der Waals surface area contributed by atoms with Crippen LogP contribution >= 0.6 is 11.8 Å². The Kier molecular flexibility index (Phi) is 5.00. The topological polar surface area (TPSA) is 59.0 Å². The molecule has 5 nitrogen and oxygen atoms in total. The third-order valence-corrected chi connectivity index (χ3v) is 4.80. The molecule has 2 heterocycles. The number of benzene rings is 1. The first-order chi connectivity index (χ1) is 10.8. The highest BCUT2D eigenvalue weighted by atomic mass is 32.2. The number of aromatic nitrogens is 2. The van der Waals surface area contributed by atoms with Gasteiger partial charge in [-0.25, -0.2) is 4.79 Å². The summed E-state index contributed by atoms with van der Waals surface area (Å²) in [5.41, 5.74) is 1.23. The van der Waals surface area contributed by atoms with E-state index in [-0.39, 0.29) is 12.1 Å². The number of nitrogens with one attached hydrogen (secondary N) is 2. The Morgan fingerprint density at radius 1 is 1.36 bits per heavy atom. The van der Waals surface area contributed by atoms with E-state index < -0.39 is 0 Å². The first kappa shape index (κ1) is 15.0. The minimum Gasteiger partial charge on any atom is -0.338 e. The maximum absolute atomic E-state index is 12.0. The molecular weight excluding hydrogens is 296 g/mol.